The Morgan fingerprint density at radius 1 is 0.624 bits per heavy atom. The van der Waals surface area contributed by atoms with Gasteiger partial charge in [0.25, 0.3) is 0 Å². The standard InChI is InChI=1S/C89H121N21O22S/c1-7-8-18-69-83(126)101-63(31-48(2)3)80(123)105-68(78(121)96-42-74(92)116)45-133-46-75(117)98-66(32-50-20-22-55(112)23-21-50)87(130)106(5)49(4)72(114)35-51(36-73(91)115)86(129)109-28-13-19-70(109)84(127)103-65(37-54-41-93-47-97-54)82(125)100-62(24-25-77(119)120)89(132)110-43-56(113)38-71(110)85(128)102-64(33-52-39-94-59-16-11-9-14-57(52)59)81(124)99-61(26-27-90)79(122)104-67(34-53-40-95-60-17-12-10-15-58(53)60)88(131)108(29-30-111)44-76(118)107(69)6/h9-12,14-17,20-23,39-41,47-49,51,56,61-71,94-95,111-113H,7-8,13,18-19,24-38,42-46,90H2,1-6H3,(H2,91,115)(H2,92,116)(H,93,97)(H,96,121)(H,98,117)(H,99,124)(H,100,125)(H,101,126)(H,102,128)(H,103,127)(H,104,122)(H,105,123)(H,119,120)/t49-,51-,56+,61-,62-,63-,64-,65-,66-,67-,68-,69-,70-,71-/m0/s1. The number of likely N-dealkylation sites (N-methyl/N-ethyl adjacent to an activating group) is 2. The lowest BCUT2D eigenvalue weighted by molar-refractivity contribution is -0.146. The number of benzene rings is 3. The fourth-order valence-electron chi connectivity index (χ4n) is 16.4. The molecule has 3 aromatic heterocycles. The van der Waals surface area contributed by atoms with Crippen molar-refractivity contribution >= 4 is 140 Å². The van der Waals surface area contributed by atoms with E-state index in [4.69, 9.17) is 17.2 Å². The van der Waals surface area contributed by atoms with Crippen LogP contribution in [0.1, 0.15) is 127 Å². The lowest BCUT2D eigenvalue weighted by atomic mass is 9.93. The van der Waals surface area contributed by atoms with Crippen molar-refractivity contribution in [2.75, 3.05) is 71.5 Å². The van der Waals surface area contributed by atoms with Crippen LogP contribution in [0.15, 0.2) is 97.7 Å². The van der Waals surface area contributed by atoms with E-state index in [9.17, 15) is 78.0 Å². The fourth-order valence-corrected chi connectivity index (χ4v) is 17.3. The van der Waals surface area contributed by atoms with Crippen LogP contribution in [0.4, 0.5) is 0 Å². The number of phenols is 1. The number of nitrogens with one attached hydrogen (secondary N) is 12. The number of aromatic nitrogens is 4. The Balaban J connectivity index is 1.09. The number of hydrogen-bond donors (Lipinski definition) is 19. The van der Waals surface area contributed by atoms with Crippen molar-refractivity contribution in [3.63, 3.8) is 0 Å². The van der Waals surface area contributed by atoms with Crippen LogP contribution in [-0.4, -0.2) is 321 Å². The second-order valence-corrected chi connectivity index (χ2v) is 35.1. The number of imidazole rings is 1. The van der Waals surface area contributed by atoms with Gasteiger partial charge in [0.15, 0.2) is 5.78 Å². The summed E-state index contributed by atoms with van der Waals surface area (Å²) in [4.78, 5) is 280. The summed E-state index contributed by atoms with van der Waals surface area (Å²) in [5.74, 6) is -20.6. The van der Waals surface area contributed by atoms with Gasteiger partial charge in [-0.1, -0.05) is 82.1 Å². The number of fused-ring (bicyclic) bond motifs is 4. The summed E-state index contributed by atoms with van der Waals surface area (Å²) in [5.41, 5.74) is 20.2. The maximum atomic E-state index is 15.5. The first-order valence-electron chi connectivity index (χ1n) is 44.2. The zero-order chi connectivity index (χ0) is 97.0. The summed E-state index contributed by atoms with van der Waals surface area (Å²) in [5, 5.41) is 67.4. The van der Waals surface area contributed by atoms with Crippen molar-refractivity contribution < 1.29 is 107 Å². The molecule has 0 bridgehead atoms. The number of amides is 16. The van der Waals surface area contributed by atoms with Crippen LogP contribution in [0, 0.1) is 11.8 Å². The normalized spacial score (nSPS) is 24.5. The summed E-state index contributed by atoms with van der Waals surface area (Å²) in [6, 6.07) is 0.659. The Morgan fingerprint density at radius 2 is 1.21 bits per heavy atom. The molecule has 3 aliphatic rings. The SMILES string of the molecule is CCCC[C@H]1C(=O)N[C@@H](CC(C)C)C(=O)N[C@H](C(=O)NCC(N)=O)CSCC(=O)N[C@@H](Cc2ccc(O)cc2)C(=O)N(C)[C@@H](C)C(=O)C[C@@H](CC(N)=O)C(=O)N2CCC[C@H]2C(=O)N[C@@H](Cc2cnc[nH]2)C(=O)N[C@@H](CCC(=O)O)C(=O)N2C[C@H](O)C[C@H]2C(=O)N[C@@H](Cc2c[nH]c3ccccc23)C(=O)N[C@@H](CCN)C(=O)N[C@@H](Cc2c[nH]c3ccccc23)C(=O)N(CCO)CC(=O)N1C. The van der Waals surface area contributed by atoms with Crippen LogP contribution < -0.4 is 65.1 Å². The average Bonchev–Trinajstić information content (AvgIpc) is 1.66. The molecular formula is C89H121N21O22S. The van der Waals surface area contributed by atoms with Crippen LogP contribution >= 0.6 is 11.8 Å². The van der Waals surface area contributed by atoms with Gasteiger partial charge in [-0.05, 0) is 98.9 Å². The third kappa shape index (κ3) is 29.1. The minimum atomic E-state index is -1.84. The predicted molar refractivity (Wildman–Crippen MR) is 483 cm³/mol. The highest BCUT2D eigenvalue weighted by Gasteiger charge is 2.46. The number of aliphatic hydroxyl groups is 2. The largest absolute Gasteiger partial charge is 0.508 e. The van der Waals surface area contributed by atoms with Crippen molar-refractivity contribution in [1.29, 1.82) is 0 Å². The summed E-state index contributed by atoms with van der Waals surface area (Å²) in [6.45, 7) is 2.80. The number of nitrogens with zero attached hydrogens (tertiary/aromatic N) is 6. The molecule has 133 heavy (non-hydrogen) atoms. The van der Waals surface area contributed by atoms with Gasteiger partial charge in [0.05, 0.1) is 49.8 Å². The molecule has 0 radical (unpaired) electrons. The number of carboxylic acids is 1. The van der Waals surface area contributed by atoms with E-state index in [-0.39, 0.29) is 81.8 Å². The first-order chi connectivity index (χ1) is 63.4. The van der Waals surface area contributed by atoms with Gasteiger partial charge in [-0.15, -0.1) is 11.8 Å². The van der Waals surface area contributed by atoms with Gasteiger partial charge >= 0.3 is 5.97 Å². The zero-order valence-electron chi connectivity index (χ0n) is 75.0. The highest BCUT2D eigenvalue weighted by Crippen LogP contribution is 2.29. The molecular weight excluding hydrogens is 1750 g/mol. The number of H-pyrrole nitrogens is 3. The second-order valence-electron chi connectivity index (χ2n) is 34.1. The minimum Gasteiger partial charge on any atom is -0.508 e. The molecule has 6 aromatic rings. The number of nitrogens with two attached hydrogens (primary N) is 3. The van der Waals surface area contributed by atoms with Crippen LogP contribution in [0.3, 0.4) is 0 Å². The number of unbranched alkanes of at least 4 members (excludes halogenated alkanes) is 1. The maximum absolute atomic E-state index is 15.5. The number of aliphatic carboxylic acids is 1. The third-order valence-corrected chi connectivity index (χ3v) is 24.7. The van der Waals surface area contributed by atoms with Crippen LogP contribution in [0.5, 0.6) is 5.75 Å². The van der Waals surface area contributed by atoms with Gasteiger partial charge in [-0.25, -0.2) is 4.98 Å². The Kier molecular flexibility index (Phi) is 38.3. The summed E-state index contributed by atoms with van der Waals surface area (Å²) in [6.07, 6.45) is 0.131. The molecule has 44 heteroatoms. The van der Waals surface area contributed by atoms with Crippen molar-refractivity contribution in [3.05, 3.63) is 120 Å². The second kappa shape index (κ2) is 49.2. The Bertz CT molecular complexity index is 5160. The van der Waals surface area contributed by atoms with Gasteiger partial charge in [-0.2, -0.15) is 0 Å². The molecule has 14 atom stereocenters. The number of aliphatic hydroxyl groups excluding tert-OH is 2. The van der Waals surface area contributed by atoms with E-state index in [1.54, 1.807) is 74.8 Å². The molecule has 3 aromatic carbocycles. The molecule has 9 rings (SSSR count). The molecule has 0 saturated carbocycles. The van der Waals surface area contributed by atoms with Crippen molar-refractivity contribution in [3.8, 4) is 5.75 Å². The fraction of sp³-hybridized carbons (Fsp3) is 0.517. The molecule has 3 fully saturated rings. The van der Waals surface area contributed by atoms with Crippen LogP contribution in [0.25, 0.3) is 21.8 Å². The molecule has 0 unspecified atom stereocenters. The van der Waals surface area contributed by atoms with Crippen molar-refractivity contribution in [2.24, 2.45) is 29.0 Å². The van der Waals surface area contributed by atoms with E-state index in [2.05, 4.69) is 67.8 Å². The van der Waals surface area contributed by atoms with E-state index in [1.165, 1.54) is 57.8 Å². The van der Waals surface area contributed by atoms with Crippen molar-refractivity contribution in [1.82, 2.24) is 92.3 Å². The number of ketones is 1. The molecule has 6 heterocycles. The average molecular weight is 1870 g/mol. The van der Waals surface area contributed by atoms with Gasteiger partial charge in [-0.3, -0.25) is 86.3 Å². The number of aromatic hydroxyl groups is 1. The lowest BCUT2D eigenvalue weighted by Crippen LogP contribution is -2.61. The lowest BCUT2D eigenvalue weighted by Gasteiger charge is -2.33. The molecule has 16 amide bonds. The smallest absolute Gasteiger partial charge is 0.303 e. The monoisotopic (exact) mass is 1870 g/mol. The van der Waals surface area contributed by atoms with Crippen LogP contribution in [0.2, 0.25) is 0 Å². The number of aromatic amines is 3. The molecule has 43 nitrogen and oxygen atoms in total. The Morgan fingerprint density at radius 3 is 1.81 bits per heavy atom. The van der Waals surface area contributed by atoms with Crippen LogP contribution in [-0.2, 0) is 112 Å². The van der Waals surface area contributed by atoms with E-state index < -0.39 is 274 Å². The summed E-state index contributed by atoms with van der Waals surface area (Å²) in [7, 11) is 2.53. The number of phenolic OH excluding ortho intramolecular Hbond substituents is 1. The number of carboxylic acid groups (broad SMARTS) is 1. The first-order valence-corrected chi connectivity index (χ1v) is 45.4. The quantitative estimate of drug-likeness (QED) is 0.0270. The number of primary amides is 2. The third-order valence-electron chi connectivity index (χ3n) is 23.7. The molecule has 22 N–H and O–H groups in total. The van der Waals surface area contributed by atoms with E-state index >= 15 is 28.8 Å². The van der Waals surface area contributed by atoms with E-state index in [0.29, 0.717) is 51.3 Å². The molecule has 3 aliphatic heterocycles. The summed E-state index contributed by atoms with van der Waals surface area (Å²) < 4.78 is 0. The number of thioether (sulfide) groups is 1. The zero-order valence-corrected chi connectivity index (χ0v) is 75.9. The molecule has 0 spiro atoms. The minimum absolute atomic E-state index is 0.0161. The van der Waals surface area contributed by atoms with E-state index in [0.717, 1.165) is 36.3 Å². The Hall–Kier alpha value is -13.4. The van der Waals surface area contributed by atoms with Crippen molar-refractivity contribution in [2.45, 2.75) is 209 Å². The van der Waals surface area contributed by atoms with Gasteiger partial charge in [0.2, 0.25) is 94.5 Å². The van der Waals surface area contributed by atoms with Gasteiger partial charge < -0.3 is 125 Å². The number of para-hydroxylation sites is 2. The van der Waals surface area contributed by atoms with Gasteiger partial charge in [0, 0.05) is 137 Å². The number of rotatable bonds is 25. The molecule has 720 valence electrons. The Labute approximate surface area is 770 Å². The topological polar surface area (TPSA) is 651 Å². The van der Waals surface area contributed by atoms with Gasteiger partial charge in [0.1, 0.15) is 72.2 Å². The maximum Gasteiger partial charge on any atom is 0.303 e. The van der Waals surface area contributed by atoms with E-state index in [1.807, 2.05) is 6.92 Å². The highest BCUT2D eigenvalue weighted by atomic mass is 32.2. The summed E-state index contributed by atoms with van der Waals surface area (Å²) >= 11 is 0.780. The highest BCUT2D eigenvalue weighted by molar-refractivity contribution is 8.00. The first kappa shape index (κ1) is 103. The number of Topliss-reactive ketones (excluding diaryl/α,β-unsaturated/α-hetero) is 1. The number of hydrogen-bond acceptors (Lipinski definition) is 24. The molecule has 0 aliphatic carbocycles. The molecule has 3 saturated heterocycles. The predicted octanol–water partition coefficient (Wildman–Crippen LogP) is -3.08. The number of β-amino-alcohol motifs (C(OH)–C–C–N with tert-alkyl or cyclic N) is 1. The number of carbonyl (C=O) groups is 18. The number of carbonyl (C=O) groups excluding carboxylic acids is 17.